The number of imidazole rings is 1. The number of aromatic amines is 1. The standard InChI is InChI=1S/C12H14N6O3/c1-13-11-9(6-8(7-17-11)18(20)21)12(19)16-3-2-10-14-4-5-15-10/h4-7H,2-3H2,1H3,(H,13,17)(H,14,15)(H,16,19). The maximum absolute atomic E-state index is 12.1. The summed E-state index contributed by atoms with van der Waals surface area (Å²) in [7, 11) is 1.59. The highest BCUT2D eigenvalue weighted by molar-refractivity contribution is 5.99. The van der Waals surface area contributed by atoms with Gasteiger partial charge in [-0.2, -0.15) is 0 Å². The van der Waals surface area contributed by atoms with Crippen LogP contribution in [0.4, 0.5) is 11.5 Å². The highest BCUT2D eigenvalue weighted by Crippen LogP contribution is 2.18. The largest absolute Gasteiger partial charge is 0.372 e. The van der Waals surface area contributed by atoms with Crippen LogP contribution >= 0.6 is 0 Å². The number of nitrogens with zero attached hydrogens (tertiary/aromatic N) is 3. The maximum Gasteiger partial charge on any atom is 0.288 e. The third-order valence-corrected chi connectivity index (χ3v) is 2.77. The molecule has 0 saturated heterocycles. The molecule has 2 aromatic heterocycles. The predicted molar refractivity (Wildman–Crippen MR) is 75.1 cm³/mol. The van der Waals surface area contributed by atoms with Crippen molar-refractivity contribution in [2.75, 3.05) is 18.9 Å². The Hall–Kier alpha value is -2.97. The Labute approximate surface area is 120 Å². The van der Waals surface area contributed by atoms with Crippen LogP contribution in [0.1, 0.15) is 16.2 Å². The zero-order valence-electron chi connectivity index (χ0n) is 11.3. The van der Waals surface area contributed by atoms with Gasteiger partial charge in [0.05, 0.1) is 10.5 Å². The summed E-state index contributed by atoms with van der Waals surface area (Å²) in [5.41, 5.74) is -0.101. The van der Waals surface area contributed by atoms with Gasteiger partial charge in [-0.25, -0.2) is 9.97 Å². The Morgan fingerprint density at radius 2 is 2.29 bits per heavy atom. The van der Waals surface area contributed by atoms with E-state index in [2.05, 4.69) is 25.6 Å². The summed E-state index contributed by atoms with van der Waals surface area (Å²) >= 11 is 0. The molecule has 0 aliphatic carbocycles. The van der Waals surface area contributed by atoms with Crippen molar-refractivity contribution in [2.45, 2.75) is 6.42 Å². The first-order valence-electron chi connectivity index (χ1n) is 6.20. The van der Waals surface area contributed by atoms with E-state index < -0.39 is 10.8 Å². The molecular weight excluding hydrogens is 276 g/mol. The average molecular weight is 290 g/mol. The first kappa shape index (κ1) is 14.4. The molecule has 0 atom stereocenters. The van der Waals surface area contributed by atoms with Crippen LogP contribution in [0.2, 0.25) is 0 Å². The normalized spacial score (nSPS) is 10.1. The van der Waals surface area contributed by atoms with Crippen LogP contribution in [-0.2, 0) is 6.42 Å². The minimum atomic E-state index is -0.591. The Bertz CT molecular complexity index is 640. The van der Waals surface area contributed by atoms with Crippen LogP contribution in [0.25, 0.3) is 0 Å². The molecule has 1 amide bonds. The molecule has 110 valence electrons. The van der Waals surface area contributed by atoms with Gasteiger partial charge in [0.25, 0.3) is 11.6 Å². The molecule has 0 fully saturated rings. The van der Waals surface area contributed by atoms with E-state index >= 15 is 0 Å². The SMILES string of the molecule is CNc1ncc([N+](=O)[O-])cc1C(=O)NCCc1ncc[nH]1. The molecule has 0 aromatic carbocycles. The number of pyridine rings is 1. The first-order chi connectivity index (χ1) is 10.1. The molecule has 0 aliphatic heterocycles. The van der Waals surface area contributed by atoms with Crippen molar-refractivity contribution >= 4 is 17.4 Å². The summed E-state index contributed by atoms with van der Waals surface area (Å²) in [6.07, 6.45) is 4.96. The van der Waals surface area contributed by atoms with Crippen molar-refractivity contribution in [3.8, 4) is 0 Å². The van der Waals surface area contributed by atoms with Crippen molar-refractivity contribution in [2.24, 2.45) is 0 Å². The summed E-state index contributed by atoms with van der Waals surface area (Å²) in [6.45, 7) is 0.359. The lowest BCUT2D eigenvalue weighted by atomic mass is 10.2. The van der Waals surface area contributed by atoms with Crippen LogP contribution in [0.5, 0.6) is 0 Å². The summed E-state index contributed by atoms with van der Waals surface area (Å²) in [5, 5.41) is 16.2. The number of rotatable bonds is 6. The number of aromatic nitrogens is 3. The summed E-state index contributed by atoms with van der Waals surface area (Å²) in [6, 6.07) is 1.20. The first-order valence-corrected chi connectivity index (χ1v) is 6.20. The predicted octanol–water partition coefficient (Wildman–Crippen LogP) is 0.727. The molecule has 2 aromatic rings. The zero-order chi connectivity index (χ0) is 15.2. The quantitative estimate of drug-likeness (QED) is 0.531. The van der Waals surface area contributed by atoms with Crippen LogP contribution in [-0.4, -0.2) is 39.4 Å². The van der Waals surface area contributed by atoms with Gasteiger partial charge in [-0.3, -0.25) is 14.9 Å². The van der Waals surface area contributed by atoms with Crippen molar-refractivity contribution in [3.63, 3.8) is 0 Å². The molecular formula is C12H14N6O3. The van der Waals surface area contributed by atoms with Gasteiger partial charge in [0, 0.05) is 38.5 Å². The lowest BCUT2D eigenvalue weighted by Crippen LogP contribution is -2.27. The van der Waals surface area contributed by atoms with Gasteiger partial charge >= 0.3 is 0 Å². The molecule has 0 bridgehead atoms. The van der Waals surface area contributed by atoms with Crippen LogP contribution in [0.15, 0.2) is 24.7 Å². The smallest absolute Gasteiger partial charge is 0.288 e. The second-order valence-corrected chi connectivity index (χ2v) is 4.14. The van der Waals surface area contributed by atoms with Crippen molar-refractivity contribution in [1.82, 2.24) is 20.3 Å². The van der Waals surface area contributed by atoms with Gasteiger partial charge in [0.15, 0.2) is 0 Å². The third kappa shape index (κ3) is 3.53. The van der Waals surface area contributed by atoms with Gasteiger partial charge in [-0.05, 0) is 0 Å². The number of amides is 1. The van der Waals surface area contributed by atoms with E-state index in [1.807, 2.05) is 0 Å². The van der Waals surface area contributed by atoms with Crippen LogP contribution < -0.4 is 10.6 Å². The topological polar surface area (TPSA) is 126 Å². The molecule has 9 heteroatoms. The van der Waals surface area contributed by atoms with Crippen molar-refractivity contribution in [1.29, 1.82) is 0 Å². The molecule has 3 N–H and O–H groups in total. The van der Waals surface area contributed by atoms with E-state index in [4.69, 9.17) is 0 Å². The molecule has 2 heterocycles. The van der Waals surface area contributed by atoms with Crippen molar-refractivity contribution < 1.29 is 9.72 Å². The fourth-order valence-corrected chi connectivity index (χ4v) is 1.75. The van der Waals surface area contributed by atoms with E-state index in [1.54, 1.807) is 19.4 Å². The van der Waals surface area contributed by atoms with E-state index in [9.17, 15) is 14.9 Å². The summed E-state index contributed by atoms with van der Waals surface area (Å²) < 4.78 is 0. The van der Waals surface area contributed by atoms with E-state index in [-0.39, 0.29) is 17.1 Å². The monoisotopic (exact) mass is 290 g/mol. The fourth-order valence-electron chi connectivity index (χ4n) is 1.75. The number of nitro groups is 1. The van der Waals surface area contributed by atoms with E-state index in [1.165, 1.54) is 6.07 Å². The number of nitrogens with one attached hydrogen (secondary N) is 3. The fraction of sp³-hybridized carbons (Fsp3) is 0.250. The molecule has 0 spiro atoms. The number of carbonyl (C=O) groups excluding carboxylic acids is 1. The zero-order valence-corrected chi connectivity index (χ0v) is 11.3. The minimum Gasteiger partial charge on any atom is -0.372 e. The summed E-state index contributed by atoms with van der Waals surface area (Å²) in [4.78, 5) is 33.1. The second kappa shape index (κ2) is 6.46. The number of H-pyrrole nitrogens is 1. The van der Waals surface area contributed by atoms with Crippen LogP contribution in [0, 0.1) is 10.1 Å². The molecule has 2 rings (SSSR count). The molecule has 0 aliphatic rings. The lowest BCUT2D eigenvalue weighted by Gasteiger charge is -2.08. The average Bonchev–Trinajstić information content (AvgIpc) is 2.99. The van der Waals surface area contributed by atoms with Gasteiger partial charge in [0.1, 0.15) is 17.8 Å². The van der Waals surface area contributed by atoms with Gasteiger partial charge in [0.2, 0.25) is 0 Å². The molecule has 0 unspecified atom stereocenters. The lowest BCUT2D eigenvalue weighted by molar-refractivity contribution is -0.385. The second-order valence-electron chi connectivity index (χ2n) is 4.14. The van der Waals surface area contributed by atoms with Gasteiger partial charge in [-0.15, -0.1) is 0 Å². The van der Waals surface area contributed by atoms with E-state index in [0.29, 0.717) is 13.0 Å². The van der Waals surface area contributed by atoms with E-state index in [0.717, 1.165) is 12.0 Å². The van der Waals surface area contributed by atoms with Gasteiger partial charge in [-0.1, -0.05) is 0 Å². The minimum absolute atomic E-state index is 0.131. The molecule has 0 saturated carbocycles. The Kier molecular flexibility index (Phi) is 4.44. The molecule has 9 nitrogen and oxygen atoms in total. The molecule has 21 heavy (non-hydrogen) atoms. The Morgan fingerprint density at radius 3 is 2.90 bits per heavy atom. The summed E-state index contributed by atoms with van der Waals surface area (Å²) in [5.74, 6) is 0.611. The molecule has 0 radical (unpaired) electrons. The number of anilines is 1. The number of carbonyl (C=O) groups is 1. The Balaban J connectivity index is 2.06. The van der Waals surface area contributed by atoms with Crippen LogP contribution in [0.3, 0.4) is 0 Å². The highest BCUT2D eigenvalue weighted by atomic mass is 16.6. The number of hydrogen-bond acceptors (Lipinski definition) is 6. The highest BCUT2D eigenvalue weighted by Gasteiger charge is 2.17. The maximum atomic E-state index is 12.1. The third-order valence-electron chi connectivity index (χ3n) is 2.77. The van der Waals surface area contributed by atoms with Gasteiger partial charge < -0.3 is 15.6 Å². The number of hydrogen-bond donors (Lipinski definition) is 3. The Morgan fingerprint density at radius 1 is 1.48 bits per heavy atom. The van der Waals surface area contributed by atoms with Crippen molar-refractivity contribution in [3.05, 3.63) is 46.2 Å².